The average molecular weight is 241 g/mol. The van der Waals surface area contributed by atoms with Crippen LogP contribution in [0, 0.1) is 0 Å². The average Bonchev–Trinajstić information content (AvgIpc) is 2.27. The summed E-state index contributed by atoms with van der Waals surface area (Å²) in [6.07, 6.45) is -1.64. The number of halogens is 3. The Kier molecular flexibility index (Phi) is 3.03. The lowest BCUT2D eigenvalue weighted by Crippen LogP contribution is -2.21. The van der Waals surface area contributed by atoms with Crippen molar-refractivity contribution in [3.63, 3.8) is 0 Å². The standard InChI is InChI=1S/C12H10F3NO/c13-12(14,15)11-3-1-2-8-4-5-9(16-7-17)6-10(8)11/h1-3,9H,4-6H2. The monoisotopic (exact) mass is 241 g/mol. The molecule has 1 aliphatic carbocycles. The second kappa shape index (κ2) is 4.34. The van der Waals surface area contributed by atoms with Gasteiger partial charge in [-0.2, -0.15) is 13.2 Å². The molecule has 2 nitrogen and oxygen atoms in total. The van der Waals surface area contributed by atoms with Crippen LogP contribution in [0.2, 0.25) is 0 Å². The minimum absolute atomic E-state index is 0.167. The first kappa shape index (κ1) is 11.9. The number of alkyl halides is 3. The molecule has 0 bridgehead atoms. The largest absolute Gasteiger partial charge is 0.416 e. The van der Waals surface area contributed by atoms with Gasteiger partial charge < -0.3 is 0 Å². The summed E-state index contributed by atoms with van der Waals surface area (Å²) in [6.45, 7) is 0. The minimum atomic E-state index is -4.35. The van der Waals surface area contributed by atoms with Crippen LogP contribution in [0.1, 0.15) is 23.1 Å². The molecule has 0 N–H and O–H groups in total. The van der Waals surface area contributed by atoms with E-state index in [0.717, 1.165) is 6.07 Å². The van der Waals surface area contributed by atoms with E-state index in [2.05, 4.69) is 4.99 Å². The van der Waals surface area contributed by atoms with Gasteiger partial charge in [-0.1, -0.05) is 12.1 Å². The molecule has 0 amide bonds. The lowest BCUT2D eigenvalue weighted by atomic mass is 9.85. The smallest absolute Gasteiger partial charge is 0.211 e. The number of hydrogen-bond acceptors (Lipinski definition) is 2. The number of aryl methyl sites for hydroxylation is 1. The van der Waals surface area contributed by atoms with Gasteiger partial charge in [-0.05, 0) is 36.5 Å². The van der Waals surface area contributed by atoms with Crippen molar-refractivity contribution >= 4 is 6.08 Å². The molecule has 5 heteroatoms. The predicted octanol–water partition coefficient (Wildman–Crippen LogP) is 2.90. The van der Waals surface area contributed by atoms with Crippen LogP contribution in [0.3, 0.4) is 0 Å². The topological polar surface area (TPSA) is 29.4 Å². The van der Waals surface area contributed by atoms with Crippen LogP contribution in [0.15, 0.2) is 23.2 Å². The zero-order chi connectivity index (χ0) is 12.5. The molecule has 1 atom stereocenters. The van der Waals surface area contributed by atoms with Crippen LogP contribution >= 0.6 is 0 Å². The molecule has 17 heavy (non-hydrogen) atoms. The predicted molar refractivity (Wildman–Crippen MR) is 55.4 cm³/mol. The van der Waals surface area contributed by atoms with Crippen molar-refractivity contribution in [3.8, 4) is 0 Å². The Balaban J connectivity index is 2.43. The van der Waals surface area contributed by atoms with Crippen LogP contribution in [0.5, 0.6) is 0 Å². The molecule has 0 heterocycles. The lowest BCUT2D eigenvalue weighted by Gasteiger charge is -2.24. The van der Waals surface area contributed by atoms with Gasteiger partial charge in [-0.25, -0.2) is 9.79 Å². The van der Waals surface area contributed by atoms with E-state index in [-0.39, 0.29) is 18.0 Å². The highest BCUT2D eigenvalue weighted by molar-refractivity contribution is 5.41. The molecule has 0 aliphatic heterocycles. The number of hydrogen-bond donors (Lipinski definition) is 0. The van der Waals surface area contributed by atoms with E-state index in [1.807, 2.05) is 0 Å². The molecule has 1 aromatic rings. The number of rotatable bonds is 1. The molecular weight excluding hydrogens is 231 g/mol. The maximum atomic E-state index is 12.8. The maximum Gasteiger partial charge on any atom is 0.416 e. The molecule has 0 saturated carbocycles. The Morgan fingerprint density at radius 1 is 1.35 bits per heavy atom. The summed E-state index contributed by atoms with van der Waals surface area (Å²) in [5.74, 6) is 0. The van der Waals surface area contributed by atoms with E-state index in [4.69, 9.17) is 0 Å². The summed E-state index contributed by atoms with van der Waals surface area (Å²) in [5.41, 5.74) is 0.369. The Bertz CT molecular complexity index is 475. The first-order chi connectivity index (χ1) is 8.02. The quantitative estimate of drug-likeness (QED) is 0.549. The summed E-state index contributed by atoms with van der Waals surface area (Å²) >= 11 is 0. The molecule has 90 valence electrons. The Labute approximate surface area is 96.2 Å². The lowest BCUT2D eigenvalue weighted by molar-refractivity contribution is -0.138. The molecule has 0 saturated heterocycles. The Hall–Kier alpha value is -1.61. The van der Waals surface area contributed by atoms with Crippen molar-refractivity contribution in [1.29, 1.82) is 0 Å². The second-order valence-electron chi connectivity index (χ2n) is 4.06. The molecule has 0 fully saturated rings. The normalized spacial score (nSPS) is 19.4. The van der Waals surface area contributed by atoms with Crippen LogP contribution in [0.4, 0.5) is 13.2 Å². The van der Waals surface area contributed by atoms with E-state index in [1.165, 1.54) is 12.1 Å². The molecule has 0 radical (unpaired) electrons. The van der Waals surface area contributed by atoms with Gasteiger partial charge in [0.15, 0.2) is 0 Å². The summed E-state index contributed by atoms with van der Waals surface area (Å²) in [6, 6.07) is 3.82. The number of benzene rings is 1. The van der Waals surface area contributed by atoms with E-state index in [9.17, 15) is 18.0 Å². The highest BCUT2D eigenvalue weighted by atomic mass is 19.4. The van der Waals surface area contributed by atoms with E-state index in [0.29, 0.717) is 18.4 Å². The third-order valence-electron chi connectivity index (χ3n) is 3.00. The van der Waals surface area contributed by atoms with Crippen molar-refractivity contribution in [3.05, 3.63) is 34.9 Å². The summed E-state index contributed by atoms with van der Waals surface area (Å²) in [5, 5.41) is 0. The molecule has 0 spiro atoms. The maximum absolute atomic E-state index is 12.8. The third kappa shape index (κ3) is 2.39. The van der Waals surface area contributed by atoms with Gasteiger partial charge in [0.25, 0.3) is 0 Å². The molecule has 1 unspecified atom stereocenters. The van der Waals surface area contributed by atoms with Gasteiger partial charge >= 0.3 is 6.18 Å². The van der Waals surface area contributed by atoms with Crippen molar-refractivity contribution < 1.29 is 18.0 Å². The fourth-order valence-corrected chi connectivity index (χ4v) is 2.22. The van der Waals surface area contributed by atoms with Gasteiger partial charge in [0.1, 0.15) is 0 Å². The van der Waals surface area contributed by atoms with Crippen LogP contribution in [0.25, 0.3) is 0 Å². The van der Waals surface area contributed by atoms with Crippen molar-refractivity contribution in [1.82, 2.24) is 0 Å². The van der Waals surface area contributed by atoms with Gasteiger partial charge in [0.2, 0.25) is 6.08 Å². The third-order valence-corrected chi connectivity index (χ3v) is 3.00. The SMILES string of the molecule is O=C=NC1CCc2cccc(C(F)(F)F)c2C1. The van der Waals surface area contributed by atoms with Gasteiger partial charge in [-0.3, -0.25) is 0 Å². The first-order valence-corrected chi connectivity index (χ1v) is 5.27. The highest BCUT2D eigenvalue weighted by Gasteiger charge is 2.35. The zero-order valence-electron chi connectivity index (χ0n) is 8.92. The molecular formula is C12H10F3NO. The van der Waals surface area contributed by atoms with E-state index < -0.39 is 11.7 Å². The first-order valence-electron chi connectivity index (χ1n) is 5.27. The number of fused-ring (bicyclic) bond motifs is 1. The molecule has 1 aliphatic rings. The number of nitrogens with zero attached hydrogens (tertiary/aromatic N) is 1. The van der Waals surface area contributed by atoms with Crippen LogP contribution < -0.4 is 0 Å². The molecule has 0 aromatic heterocycles. The Morgan fingerprint density at radius 3 is 2.76 bits per heavy atom. The number of carbonyl (C=O) groups excluding carboxylic acids is 1. The Morgan fingerprint density at radius 2 is 2.12 bits per heavy atom. The number of aliphatic imine (C=N–C) groups is 1. The summed E-state index contributed by atoms with van der Waals surface area (Å²) in [4.78, 5) is 13.7. The number of isocyanates is 1. The van der Waals surface area contributed by atoms with Gasteiger partial charge in [0.05, 0.1) is 11.6 Å². The van der Waals surface area contributed by atoms with Crippen molar-refractivity contribution in [2.45, 2.75) is 31.5 Å². The van der Waals surface area contributed by atoms with E-state index >= 15 is 0 Å². The fraction of sp³-hybridized carbons (Fsp3) is 0.417. The second-order valence-corrected chi connectivity index (χ2v) is 4.06. The zero-order valence-corrected chi connectivity index (χ0v) is 8.92. The van der Waals surface area contributed by atoms with Crippen LogP contribution in [-0.4, -0.2) is 12.1 Å². The van der Waals surface area contributed by atoms with Gasteiger partial charge in [-0.15, -0.1) is 0 Å². The molecule has 2 rings (SSSR count). The summed E-state index contributed by atoms with van der Waals surface area (Å²) < 4.78 is 38.3. The summed E-state index contributed by atoms with van der Waals surface area (Å²) in [7, 11) is 0. The minimum Gasteiger partial charge on any atom is -0.211 e. The molecule has 1 aromatic carbocycles. The van der Waals surface area contributed by atoms with Gasteiger partial charge in [0, 0.05) is 0 Å². The highest BCUT2D eigenvalue weighted by Crippen LogP contribution is 2.36. The fourth-order valence-electron chi connectivity index (χ4n) is 2.22. The van der Waals surface area contributed by atoms with E-state index in [1.54, 1.807) is 6.07 Å². The van der Waals surface area contributed by atoms with Crippen molar-refractivity contribution in [2.24, 2.45) is 4.99 Å². The van der Waals surface area contributed by atoms with Crippen molar-refractivity contribution in [2.75, 3.05) is 0 Å². The van der Waals surface area contributed by atoms with Crippen LogP contribution in [-0.2, 0) is 23.8 Å².